The SMILES string of the molecule is CCc1cc2cc(C)cc(O)c2c(=O)o1. The molecule has 1 N–H and O–H groups in total. The summed E-state index contributed by atoms with van der Waals surface area (Å²) in [6.45, 7) is 3.79. The molecule has 0 spiro atoms. The third-order valence-electron chi connectivity index (χ3n) is 2.39. The second-order valence-corrected chi connectivity index (χ2v) is 3.60. The quantitative estimate of drug-likeness (QED) is 0.775. The number of benzene rings is 1. The summed E-state index contributed by atoms with van der Waals surface area (Å²) in [5.41, 5.74) is 0.453. The second kappa shape index (κ2) is 3.42. The molecule has 2 aromatic rings. The molecule has 0 bridgehead atoms. The normalized spacial score (nSPS) is 10.8. The molecule has 2 rings (SSSR count). The Morgan fingerprint density at radius 2 is 2.07 bits per heavy atom. The molecule has 3 nitrogen and oxygen atoms in total. The maximum atomic E-state index is 11.6. The molecule has 0 unspecified atom stereocenters. The van der Waals surface area contributed by atoms with Crippen LogP contribution in [-0.4, -0.2) is 5.11 Å². The van der Waals surface area contributed by atoms with Crippen molar-refractivity contribution >= 4 is 10.8 Å². The van der Waals surface area contributed by atoms with Gasteiger partial charge in [0, 0.05) is 6.42 Å². The summed E-state index contributed by atoms with van der Waals surface area (Å²) in [5.74, 6) is 0.624. The molecule has 0 aliphatic heterocycles. The van der Waals surface area contributed by atoms with Gasteiger partial charge in [-0.1, -0.05) is 13.0 Å². The summed E-state index contributed by atoms with van der Waals surface area (Å²) in [5, 5.41) is 10.6. The lowest BCUT2D eigenvalue weighted by Crippen LogP contribution is -2.02. The average molecular weight is 204 g/mol. The zero-order valence-electron chi connectivity index (χ0n) is 8.70. The van der Waals surface area contributed by atoms with Crippen molar-refractivity contribution < 1.29 is 9.52 Å². The molecule has 1 aromatic carbocycles. The Balaban J connectivity index is 2.91. The number of hydrogen-bond acceptors (Lipinski definition) is 3. The molecule has 78 valence electrons. The summed E-state index contributed by atoms with van der Waals surface area (Å²) in [6.07, 6.45) is 0.667. The fraction of sp³-hybridized carbons (Fsp3) is 0.250. The van der Waals surface area contributed by atoms with E-state index in [1.165, 1.54) is 0 Å². The third-order valence-corrected chi connectivity index (χ3v) is 2.39. The number of fused-ring (bicyclic) bond motifs is 1. The van der Waals surface area contributed by atoms with Crippen molar-refractivity contribution in [2.24, 2.45) is 0 Å². The minimum absolute atomic E-state index is 0.0126. The molecule has 0 saturated carbocycles. The summed E-state index contributed by atoms with van der Waals surface area (Å²) >= 11 is 0. The predicted octanol–water partition coefficient (Wildman–Crippen LogP) is 2.37. The van der Waals surface area contributed by atoms with Gasteiger partial charge in [-0.15, -0.1) is 0 Å². The Bertz CT molecular complexity index is 567. The van der Waals surface area contributed by atoms with E-state index < -0.39 is 5.63 Å². The van der Waals surface area contributed by atoms with Crippen molar-refractivity contribution in [3.05, 3.63) is 39.9 Å². The van der Waals surface area contributed by atoms with Gasteiger partial charge in [0.15, 0.2) is 0 Å². The maximum absolute atomic E-state index is 11.6. The molecule has 0 amide bonds. The van der Waals surface area contributed by atoms with Crippen LogP contribution < -0.4 is 5.63 Å². The van der Waals surface area contributed by atoms with Gasteiger partial charge in [-0.05, 0) is 30.0 Å². The van der Waals surface area contributed by atoms with Crippen molar-refractivity contribution in [3.8, 4) is 5.75 Å². The standard InChI is InChI=1S/C12H12O3/c1-3-9-6-8-4-7(2)5-10(13)11(8)12(14)15-9/h4-6,13H,3H2,1-2H3. The number of hydrogen-bond donors (Lipinski definition) is 1. The lowest BCUT2D eigenvalue weighted by Gasteiger charge is -2.03. The van der Waals surface area contributed by atoms with E-state index in [0.717, 1.165) is 10.9 Å². The number of aromatic hydroxyl groups is 1. The highest BCUT2D eigenvalue weighted by atomic mass is 16.4. The lowest BCUT2D eigenvalue weighted by molar-refractivity contribution is 0.458. The van der Waals surface area contributed by atoms with E-state index in [2.05, 4.69) is 0 Å². The summed E-state index contributed by atoms with van der Waals surface area (Å²) < 4.78 is 5.04. The summed E-state index contributed by atoms with van der Waals surface area (Å²) in [7, 11) is 0. The van der Waals surface area contributed by atoms with E-state index in [9.17, 15) is 9.90 Å². The molecule has 0 radical (unpaired) electrons. The molecule has 0 aliphatic rings. The van der Waals surface area contributed by atoms with Crippen molar-refractivity contribution in [2.75, 3.05) is 0 Å². The van der Waals surface area contributed by atoms with E-state index in [1.54, 1.807) is 12.1 Å². The van der Waals surface area contributed by atoms with Crippen LogP contribution in [0.3, 0.4) is 0 Å². The number of phenolic OH excluding ortho intramolecular Hbond substituents is 1. The van der Waals surface area contributed by atoms with Crippen LogP contribution in [0.5, 0.6) is 5.75 Å². The molecular formula is C12H12O3. The van der Waals surface area contributed by atoms with E-state index >= 15 is 0 Å². The highest BCUT2D eigenvalue weighted by Gasteiger charge is 2.08. The first-order valence-corrected chi connectivity index (χ1v) is 4.88. The molecule has 0 aliphatic carbocycles. The van der Waals surface area contributed by atoms with Crippen molar-refractivity contribution in [3.63, 3.8) is 0 Å². The van der Waals surface area contributed by atoms with Crippen molar-refractivity contribution in [1.29, 1.82) is 0 Å². The predicted molar refractivity (Wildman–Crippen MR) is 58.3 cm³/mol. The van der Waals surface area contributed by atoms with Crippen LogP contribution in [0.15, 0.2) is 27.4 Å². The second-order valence-electron chi connectivity index (χ2n) is 3.60. The number of rotatable bonds is 1. The van der Waals surface area contributed by atoms with Crippen LogP contribution >= 0.6 is 0 Å². The van der Waals surface area contributed by atoms with Gasteiger partial charge >= 0.3 is 5.63 Å². The number of aryl methyl sites for hydroxylation is 2. The Morgan fingerprint density at radius 1 is 1.33 bits per heavy atom. The van der Waals surface area contributed by atoms with Gasteiger partial charge in [0.25, 0.3) is 0 Å². The van der Waals surface area contributed by atoms with Crippen molar-refractivity contribution in [1.82, 2.24) is 0 Å². The molecule has 0 atom stereocenters. The molecule has 1 aromatic heterocycles. The van der Waals surface area contributed by atoms with Gasteiger partial charge in [0.1, 0.15) is 16.9 Å². The van der Waals surface area contributed by atoms with Gasteiger partial charge in [-0.25, -0.2) is 4.79 Å². The lowest BCUT2D eigenvalue weighted by atomic mass is 10.1. The Hall–Kier alpha value is -1.77. The van der Waals surface area contributed by atoms with Crippen LogP contribution in [0.2, 0.25) is 0 Å². The topological polar surface area (TPSA) is 50.4 Å². The maximum Gasteiger partial charge on any atom is 0.347 e. The monoisotopic (exact) mass is 204 g/mol. The molecule has 15 heavy (non-hydrogen) atoms. The van der Waals surface area contributed by atoms with Gasteiger partial charge in [-0.2, -0.15) is 0 Å². The van der Waals surface area contributed by atoms with Crippen LogP contribution in [0.1, 0.15) is 18.2 Å². The smallest absolute Gasteiger partial charge is 0.347 e. The Kier molecular flexibility index (Phi) is 2.23. The highest BCUT2D eigenvalue weighted by Crippen LogP contribution is 2.24. The van der Waals surface area contributed by atoms with E-state index in [4.69, 9.17) is 4.42 Å². The Labute approximate surface area is 87.0 Å². The fourth-order valence-corrected chi connectivity index (χ4v) is 1.68. The van der Waals surface area contributed by atoms with Gasteiger partial charge in [0.05, 0.1) is 0 Å². The third kappa shape index (κ3) is 1.61. The minimum Gasteiger partial charge on any atom is -0.507 e. The minimum atomic E-state index is -0.471. The van der Waals surface area contributed by atoms with E-state index in [-0.39, 0.29) is 11.1 Å². The number of phenols is 1. The Morgan fingerprint density at radius 3 is 2.73 bits per heavy atom. The first kappa shape index (κ1) is 9.77. The largest absolute Gasteiger partial charge is 0.507 e. The van der Waals surface area contributed by atoms with Crippen LogP contribution in [0.25, 0.3) is 10.8 Å². The van der Waals surface area contributed by atoms with Crippen LogP contribution in [0, 0.1) is 6.92 Å². The highest BCUT2D eigenvalue weighted by molar-refractivity contribution is 5.87. The van der Waals surface area contributed by atoms with Gasteiger partial charge in [0.2, 0.25) is 0 Å². The summed E-state index contributed by atoms with van der Waals surface area (Å²) in [6, 6.07) is 5.22. The molecular weight excluding hydrogens is 192 g/mol. The molecule has 0 saturated heterocycles. The molecule has 1 heterocycles. The van der Waals surface area contributed by atoms with E-state index in [0.29, 0.717) is 12.2 Å². The molecule has 0 fully saturated rings. The summed E-state index contributed by atoms with van der Waals surface area (Å²) in [4.78, 5) is 11.6. The average Bonchev–Trinajstić information content (AvgIpc) is 2.15. The molecule has 3 heteroatoms. The zero-order chi connectivity index (χ0) is 11.0. The zero-order valence-corrected chi connectivity index (χ0v) is 8.70. The van der Waals surface area contributed by atoms with E-state index in [1.807, 2.05) is 19.9 Å². The fourth-order valence-electron chi connectivity index (χ4n) is 1.68. The first-order valence-electron chi connectivity index (χ1n) is 4.88. The van der Waals surface area contributed by atoms with Crippen molar-refractivity contribution in [2.45, 2.75) is 20.3 Å². The van der Waals surface area contributed by atoms with Crippen LogP contribution in [-0.2, 0) is 6.42 Å². The van der Waals surface area contributed by atoms with Gasteiger partial charge in [-0.3, -0.25) is 0 Å². The van der Waals surface area contributed by atoms with Crippen LogP contribution in [0.4, 0.5) is 0 Å². The van der Waals surface area contributed by atoms with Gasteiger partial charge < -0.3 is 9.52 Å². The first-order chi connectivity index (χ1) is 7.11.